The molecular formula is C20H25F3N4O3. The van der Waals surface area contributed by atoms with Crippen LogP contribution in [0.1, 0.15) is 26.2 Å². The molecular weight excluding hydrogens is 401 g/mol. The second kappa shape index (κ2) is 6.90. The fourth-order valence-corrected chi connectivity index (χ4v) is 4.73. The maximum atomic E-state index is 14.0. The molecule has 3 aliphatic heterocycles. The topological polar surface area (TPSA) is 59.8 Å². The van der Waals surface area contributed by atoms with Gasteiger partial charge in [0.2, 0.25) is 5.95 Å². The predicted molar refractivity (Wildman–Crippen MR) is 104 cm³/mol. The number of ether oxygens (including phenoxy) is 2. The quantitative estimate of drug-likeness (QED) is 0.737. The zero-order chi connectivity index (χ0) is 21.1. The van der Waals surface area contributed by atoms with Gasteiger partial charge in [0.05, 0.1) is 32.1 Å². The Morgan fingerprint density at radius 3 is 2.63 bits per heavy atom. The van der Waals surface area contributed by atoms with Crippen LogP contribution >= 0.6 is 0 Å². The van der Waals surface area contributed by atoms with Gasteiger partial charge in [0.25, 0.3) is 5.56 Å². The van der Waals surface area contributed by atoms with Crippen molar-refractivity contribution in [2.24, 2.45) is 5.92 Å². The number of fused-ring (bicyclic) bond motifs is 1. The second-order valence-electron chi connectivity index (χ2n) is 8.65. The molecule has 0 aromatic carbocycles. The molecule has 0 bridgehead atoms. The fraction of sp³-hybridized carbons (Fsp3) is 0.700. The Bertz CT molecular complexity index is 914. The van der Waals surface area contributed by atoms with Crippen LogP contribution < -0.4 is 15.4 Å². The average Bonchev–Trinajstić information content (AvgIpc) is 3.49. The van der Waals surface area contributed by atoms with Gasteiger partial charge in [-0.2, -0.15) is 18.2 Å². The van der Waals surface area contributed by atoms with Crippen molar-refractivity contribution < 1.29 is 22.6 Å². The van der Waals surface area contributed by atoms with E-state index in [2.05, 4.69) is 4.98 Å². The van der Waals surface area contributed by atoms with Gasteiger partial charge in [0.1, 0.15) is 17.5 Å². The molecule has 30 heavy (non-hydrogen) atoms. The van der Waals surface area contributed by atoms with Gasteiger partial charge < -0.3 is 19.3 Å². The maximum Gasteiger partial charge on any atom is 0.408 e. The van der Waals surface area contributed by atoms with E-state index in [1.807, 2.05) is 17.9 Å². The first-order valence-corrected chi connectivity index (χ1v) is 10.4. The summed E-state index contributed by atoms with van der Waals surface area (Å²) >= 11 is 0. The third kappa shape index (κ3) is 3.25. The molecule has 10 heteroatoms. The number of rotatable bonds is 4. The van der Waals surface area contributed by atoms with Crippen LogP contribution in [0.25, 0.3) is 0 Å². The van der Waals surface area contributed by atoms with Crippen LogP contribution in [0.4, 0.5) is 24.9 Å². The highest BCUT2D eigenvalue weighted by Gasteiger charge is 2.54. The summed E-state index contributed by atoms with van der Waals surface area (Å²) in [7, 11) is 0. The smallest absolute Gasteiger partial charge is 0.408 e. The van der Waals surface area contributed by atoms with E-state index < -0.39 is 17.8 Å². The molecule has 1 aromatic heterocycles. The Labute approximate surface area is 172 Å². The standard InChI is InChI=1S/C20H25F3N4O3/c1-13-11-29-9-7-25(13)16-10-17(28)26-6-4-15(20(21,22)23)27(18(26)24-16)12-19(5-8-30-19)14-2-3-14/h5,8,10,13-15H,2-4,6-7,9,11-12H2,1H3/t13-,15+,19?/m1/s1. The third-order valence-corrected chi connectivity index (χ3v) is 6.60. The lowest BCUT2D eigenvalue weighted by atomic mass is 9.92. The first-order valence-electron chi connectivity index (χ1n) is 10.4. The summed E-state index contributed by atoms with van der Waals surface area (Å²) in [5.74, 6) is 0.690. The zero-order valence-electron chi connectivity index (χ0n) is 16.8. The average molecular weight is 426 g/mol. The van der Waals surface area contributed by atoms with Crippen LogP contribution in [0.2, 0.25) is 0 Å². The molecule has 0 amide bonds. The van der Waals surface area contributed by atoms with Gasteiger partial charge in [-0.1, -0.05) is 0 Å². The first-order chi connectivity index (χ1) is 14.3. The van der Waals surface area contributed by atoms with Crippen molar-refractivity contribution in [3.63, 3.8) is 0 Å². The van der Waals surface area contributed by atoms with Crippen molar-refractivity contribution in [1.82, 2.24) is 9.55 Å². The molecule has 164 valence electrons. The largest absolute Gasteiger partial charge is 0.489 e. The Morgan fingerprint density at radius 1 is 1.27 bits per heavy atom. The molecule has 7 nitrogen and oxygen atoms in total. The van der Waals surface area contributed by atoms with E-state index in [0.717, 1.165) is 12.8 Å². The lowest BCUT2D eigenvalue weighted by Crippen LogP contribution is -2.59. The van der Waals surface area contributed by atoms with Crippen molar-refractivity contribution in [1.29, 1.82) is 0 Å². The summed E-state index contributed by atoms with van der Waals surface area (Å²) in [6.07, 6.45) is 0.639. The minimum Gasteiger partial charge on any atom is -0.489 e. The van der Waals surface area contributed by atoms with Crippen molar-refractivity contribution in [2.75, 3.05) is 36.1 Å². The number of halogens is 3. The summed E-state index contributed by atoms with van der Waals surface area (Å²) in [5, 5.41) is 0. The van der Waals surface area contributed by atoms with E-state index in [9.17, 15) is 18.0 Å². The highest BCUT2D eigenvalue weighted by Crippen LogP contribution is 2.48. The Balaban J connectivity index is 1.57. The molecule has 1 saturated carbocycles. The molecule has 1 aromatic rings. The SMILES string of the molecule is C[C@@H]1COCCN1c1cc(=O)n2c(n1)N(CC1(C3CC3)C=CO1)[C@H](C(F)(F)F)CC2. The molecule has 4 heterocycles. The molecule has 1 unspecified atom stereocenters. The minimum absolute atomic E-state index is 0.00604. The highest BCUT2D eigenvalue weighted by molar-refractivity contribution is 5.48. The first kappa shape index (κ1) is 19.7. The van der Waals surface area contributed by atoms with Crippen molar-refractivity contribution >= 4 is 11.8 Å². The lowest BCUT2D eigenvalue weighted by Gasteiger charge is -2.46. The summed E-state index contributed by atoms with van der Waals surface area (Å²) < 4.78 is 54.4. The van der Waals surface area contributed by atoms with Crippen LogP contribution in [0.3, 0.4) is 0 Å². The molecule has 4 aliphatic rings. The lowest BCUT2D eigenvalue weighted by molar-refractivity contribution is -0.154. The van der Waals surface area contributed by atoms with Crippen molar-refractivity contribution in [3.05, 3.63) is 28.8 Å². The van der Waals surface area contributed by atoms with Crippen LogP contribution in [0.15, 0.2) is 23.2 Å². The van der Waals surface area contributed by atoms with Crippen molar-refractivity contribution in [2.45, 2.75) is 56.6 Å². The van der Waals surface area contributed by atoms with Gasteiger partial charge in [-0.3, -0.25) is 9.36 Å². The predicted octanol–water partition coefficient (Wildman–Crippen LogP) is 2.30. The number of aromatic nitrogens is 2. The minimum atomic E-state index is -4.43. The van der Waals surface area contributed by atoms with Gasteiger partial charge in [-0.15, -0.1) is 0 Å². The summed E-state index contributed by atoms with van der Waals surface area (Å²) in [6.45, 7) is 3.49. The van der Waals surface area contributed by atoms with E-state index in [1.165, 1.54) is 21.8 Å². The van der Waals surface area contributed by atoms with E-state index in [-0.39, 0.29) is 43.0 Å². The Kier molecular flexibility index (Phi) is 4.53. The van der Waals surface area contributed by atoms with Crippen LogP contribution in [-0.2, 0) is 16.0 Å². The number of morpholine rings is 1. The Morgan fingerprint density at radius 2 is 2.03 bits per heavy atom. The molecule has 0 radical (unpaired) electrons. The molecule has 1 aliphatic carbocycles. The van der Waals surface area contributed by atoms with E-state index in [4.69, 9.17) is 9.47 Å². The van der Waals surface area contributed by atoms with Gasteiger partial charge in [-0.05, 0) is 32.3 Å². The van der Waals surface area contributed by atoms with Gasteiger partial charge in [0.15, 0.2) is 0 Å². The third-order valence-electron chi connectivity index (χ3n) is 6.60. The van der Waals surface area contributed by atoms with Gasteiger partial charge in [-0.25, -0.2) is 0 Å². The highest BCUT2D eigenvalue weighted by atomic mass is 19.4. The number of nitrogens with zero attached hydrogens (tertiary/aromatic N) is 4. The van der Waals surface area contributed by atoms with Gasteiger partial charge >= 0.3 is 6.18 Å². The van der Waals surface area contributed by atoms with Gasteiger partial charge in [0, 0.05) is 25.1 Å². The summed E-state index contributed by atoms with van der Waals surface area (Å²) in [4.78, 5) is 20.6. The summed E-state index contributed by atoms with van der Waals surface area (Å²) in [6, 6.07) is -0.289. The number of hydrogen-bond donors (Lipinski definition) is 0. The normalized spacial score (nSPS) is 31.2. The Hall–Kier alpha value is -2.23. The molecule has 5 rings (SSSR count). The molecule has 0 spiro atoms. The van der Waals surface area contributed by atoms with Crippen LogP contribution in [0.5, 0.6) is 0 Å². The van der Waals surface area contributed by atoms with Crippen LogP contribution in [-0.4, -0.2) is 59.7 Å². The zero-order valence-corrected chi connectivity index (χ0v) is 16.8. The van der Waals surface area contributed by atoms with E-state index >= 15 is 0 Å². The number of hydrogen-bond acceptors (Lipinski definition) is 6. The number of alkyl halides is 3. The maximum absolute atomic E-state index is 14.0. The van der Waals surface area contributed by atoms with Crippen molar-refractivity contribution in [3.8, 4) is 0 Å². The van der Waals surface area contributed by atoms with Crippen LogP contribution in [0, 0.1) is 5.92 Å². The molecule has 1 saturated heterocycles. The molecule has 2 fully saturated rings. The summed E-state index contributed by atoms with van der Waals surface area (Å²) in [5.41, 5.74) is -1.06. The molecule has 0 N–H and O–H groups in total. The number of anilines is 2. The monoisotopic (exact) mass is 426 g/mol. The molecule has 3 atom stereocenters. The fourth-order valence-electron chi connectivity index (χ4n) is 4.73. The van der Waals surface area contributed by atoms with E-state index in [0.29, 0.717) is 25.6 Å². The second-order valence-corrected chi connectivity index (χ2v) is 8.65. The van der Waals surface area contributed by atoms with E-state index in [1.54, 1.807) is 0 Å².